The van der Waals surface area contributed by atoms with Crippen molar-refractivity contribution in [2.24, 2.45) is 0 Å². The third-order valence-corrected chi connectivity index (χ3v) is 21.0. The number of ether oxygens (including phenoxy) is 5. The van der Waals surface area contributed by atoms with Crippen LogP contribution >= 0.6 is 0 Å². The molecular weight excluding hydrogens is 1500 g/mol. The van der Waals surface area contributed by atoms with E-state index in [-0.39, 0.29) is 73.6 Å². The molecule has 118 heavy (non-hydrogen) atoms. The first-order valence-corrected chi connectivity index (χ1v) is 48.1. The molecule has 0 atom stereocenters. The Kier molecular flexibility index (Phi) is 82.1. The zero-order chi connectivity index (χ0) is 87.3. The number of carbonyl (C=O) groups is 10. The molecule has 0 unspecified atom stereocenters. The molecule has 0 radical (unpaired) electrons. The van der Waals surface area contributed by atoms with Crippen molar-refractivity contribution >= 4 is 59.7 Å². The lowest BCUT2D eigenvalue weighted by Crippen LogP contribution is -2.41. The highest BCUT2D eigenvalue weighted by Gasteiger charge is 2.23. The monoisotopic (exact) mass is 1680 g/mol. The summed E-state index contributed by atoms with van der Waals surface area (Å²) in [7, 11) is 0. The van der Waals surface area contributed by atoms with Crippen LogP contribution < -0.4 is 31.9 Å². The minimum atomic E-state index is -0.813. The molecule has 6 amide bonds. The van der Waals surface area contributed by atoms with Crippen molar-refractivity contribution in [2.75, 3.05) is 98.4 Å². The van der Waals surface area contributed by atoms with Crippen LogP contribution in [0.1, 0.15) is 435 Å². The van der Waals surface area contributed by atoms with Gasteiger partial charge in [0.15, 0.2) is 0 Å². The highest BCUT2D eigenvalue weighted by Crippen LogP contribution is 2.21. The summed E-state index contributed by atoms with van der Waals surface area (Å²) in [4.78, 5) is 126. The molecule has 0 fully saturated rings. The number of alkyl carbamates (subject to hydrolysis) is 2. The van der Waals surface area contributed by atoms with E-state index >= 15 is 0 Å². The van der Waals surface area contributed by atoms with Crippen LogP contribution in [0.15, 0.2) is 0 Å². The summed E-state index contributed by atoms with van der Waals surface area (Å²) in [6.45, 7) is 25.2. The fourth-order valence-corrected chi connectivity index (χ4v) is 13.6. The normalized spacial score (nSPS) is 11.4. The van der Waals surface area contributed by atoms with Crippen LogP contribution in [0, 0.1) is 0 Å². The Morgan fingerprint density at radius 3 is 0.754 bits per heavy atom. The van der Waals surface area contributed by atoms with E-state index < -0.39 is 29.4 Å². The van der Waals surface area contributed by atoms with E-state index in [0.717, 1.165) is 122 Å². The average Bonchev–Trinajstić information content (AvgIpc) is 0.910. The second-order valence-electron chi connectivity index (χ2n) is 34.3. The summed E-state index contributed by atoms with van der Waals surface area (Å²) in [5, 5.41) is 26.2. The molecule has 0 saturated carbocycles. The van der Waals surface area contributed by atoms with E-state index in [9.17, 15) is 47.9 Å². The third-order valence-electron chi connectivity index (χ3n) is 21.0. The maximum Gasteiger partial charge on any atom is 0.407 e. The summed E-state index contributed by atoms with van der Waals surface area (Å²) in [5.74, 6) is -1.58. The van der Waals surface area contributed by atoms with Crippen molar-refractivity contribution in [3.63, 3.8) is 0 Å². The number of carboxylic acid groups (broad SMARTS) is 1. The Hall–Kier alpha value is -5.78. The maximum absolute atomic E-state index is 12.7. The summed E-state index contributed by atoms with van der Waals surface area (Å²) >= 11 is 0. The Morgan fingerprint density at radius 2 is 0.492 bits per heavy atom. The molecule has 24 heteroatoms. The predicted octanol–water partition coefficient (Wildman–Crippen LogP) is 20.5. The Balaban J connectivity index is 0. The lowest BCUT2D eigenvalue weighted by molar-refractivity contribution is -0.144. The second-order valence-corrected chi connectivity index (χ2v) is 34.3. The van der Waals surface area contributed by atoms with Crippen LogP contribution in [0.2, 0.25) is 0 Å². The summed E-state index contributed by atoms with van der Waals surface area (Å²) < 4.78 is 27.2. The van der Waals surface area contributed by atoms with Gasteiger partial charge in [-0.15, -0.1) is 0 Å². The molecule has 7 N–H and O–H groups in total. The predicted molar refractivity (Wildman–Crippen MR) is 479 cm³/mol. The largest absolute Gasteiger partial charge is 0.481 e. The molecule has 0 aliphatic rings. The van der Waals surface area contributed by atoms with Gasteiger partial charge in [0.25, 0.3) is 0 Å². The van der Waals surface area contributed by atoms with Gasteiger partial charge in [0.1, 0.15) is 11.2 Å². The van der Waals surface area contributed by atoms with E-state index in [4.69, 9.17) is 28.8 Å². The zero-order valence-corrected chi connectivity index (χ0v) is 77.1. The van der Waals surface area contributed by atoms with Gasteiger partial charge in [-0.25, -0.2) is 9.59 Å². The van der Waals surface area contributed by atoms with Crippen LogP contribution in [0.3, 0.4) is 0 Å². The lowest BCUT2D eigenvalue weighted by Gasteiger charge is -2.26. The number of hydrogen-bond acceptors (Lipinski definition) is 17. The summed E-state index contributed by atoms with van der Waals surface area (Å²) in [6, 6.07) is 0. The van der Waals surface area contributed by atoms with Crippen molar-refractivity contribution in [2.45, 2.75) is 446 Å². The van der Waals surface area contributed by atoms with E-state index in [2.05, 4.69) is 59.6 Å². The van der Waals surface area contributed by atoms with Crippen molar-refractivity contribution < 1.29 is 76.7 Å². The van der Waals surface area contributed by atoms with Crippen molar-refractivity contribution in [1.29, 1.82) is 0 Å². The van der Waals surface area contributed by atoms with Crippen LogP contribution in [-0.2, 0) is 62.0 Å². The average molecular weight is 1680 g/mol. The number of nitrogens with one attached hydrogen (secondary N) is 6. The molecular formula is C94H180N8O16. The van der Waals surface area contributed by atoms with E-state index in [1.165, 1.54) is 186 Å². The second kappa shape index (κ2) is 84.8. The van der Waals surface area contributed by atoms with Gasteiger partial charge in [-0.2, -0.15) is 0 Å². The zero-order valence-electron chi connectivity index (χ0n) is 77.1. The standard InChI is InChI=1S/2C47H90N4O8/c1-6-8-10-12-14-16-18-20-28-40-57-44(54)30-24-22-26-34-48-42(52)32-37-51(39-36-50-46(56)59-47(3,4)5)38-33-43(53)49-35-27-23-25-31-45(55)58-41-29-21-19-17-15-13-11-9-7-2;1-5-7-9-11-13-15-16-18-20-26-34-47(3,4)59-46(57)50-37-40-51(38-32-42(52)48-35-27-22-24-30-44(54)55)39-33-43(53)49-36-28-23-25-31-45(56)58-41-29-21-19-17-14-12-10-8-6-2/h6-41H2,1-5H3,(H,48,52)(H,49,53)(H,50,56);5-41H2,1-4H3,(H,48,52)(H,49,53)(H,50,57)(H,54,55). The van der Waals surface area contributed by atoms with Gasteiger partial charge in [0.2, 0.25) is 23.6 Å². The SMILES string of the molecule is CCCCCCCCCCCCC(C)(C)OC(=O)NCCN(CCC(=O)NCCCCCC(=O)O)CCC(=O)NCCCCCC(=O)OCCCCCCCCCCC.CCCCCCCCCCCOC(=O)CCCCCNC(=O)CCN(CCNC(=O)OC(C)(C)C)CCC(=O)NCCCCCC(=O)OCCCCCCCCCCC. The Bertz CT molecular complexity index is 2370. The molecule has 692 valence electrons. The van der Waals surface area contributed by atoms with Gasteiger partial charge in [0, 0.05) is 130 Å². The number of rotatable bonds is 84. The van der Waals surface area contributed by atoms with Crippen molar-refractivity contribution in [3.8, 4) is 0 Å². The molecule has 0 aliphatic carbocycles. The number of aliphatic carboxylic acids is 1. The van der Waals surface area contributed by atoms with E-state index in [1.54, 1.807) is 20.8 Å². The van der Waals surface area contributed by atoms with E-state index in [0.29, 0.717) is 130 Å². The Labute approximate surface area is 718 Å². The third kappa shape index (κ3) is 89.5. The Morgan fingerprint density at radius 1 is 0.254 bits per heavy atom. The quantitative estimate of drug-likeness (QED) is 0.0169. The number of esters is 3. The van der Waals surface area contributed by atoms with Crippen LogP contribution in [0.5, 0.6) is 0 Å². The lowest BCUT2D eigenvalue weighted by atomic mass is 9.99. The number of hydrogen-bond donors (Lipinski definition) is 7. The molecule has 0 aromatic carbocycles. The fraction of sp³-hybridized carbons (Fsp3) is 0.894. The number of carboxylic acids is 1. The topological polar surface area (TPSA) is 316 Å². The van der Waals surface area contributed by atoms with Crippen molar-refractivity contribution in [3.05, 3.63) is 0 Å². The minimum Gasteiger partial charge on any atom is -0.481 e. The number of carbonyl (C=O) groups excluding carboxylic acids is 9. The van der Waals surface area contributed by atoms with Gasteiger partial charge in [-0.1, -0.05) is 265 Å². The van der Waals surface area contributed by atoms with Crippen LogP contribution in [-0.4, -0.2) is 184 Å². The van der Waals surface area contributed by atoms with Gasteiger partial charge in [-0.3, -0.25) is 38.4 Å². The molecule has 0 aromatic heterocycles. The molecule has 0 aromatic rings. The molecule has 0 rings (SSSR count). The summed E-state index contributed by atoms with van der Waals surface area (Å²) in [5.41, 5.74) is -1.17. The number of unbranched alkanes of at least 4 members (excludes halogenated alkanes) is 41. The van der Waals surface area contributed by atoms with Gasteiger partial charge >= 0.3 is 36.1 Å². The van der Waals surface area contributed by atoms with Crippen LogP contribution in [0.25, 0.3) is 0 Å². The molecule has 24 nitrogen and oxygen atoms in total. The minimum absolute atomic E-state index is 0.0766. The van der Waals surface area contributed by atoms with E-state index in [1.807, 2.05) is 23.6 Å². The smallest absolute Gasteiger partial charge is 0.407 e. The first kappa shape index (κ1) is 114. The maximum atomic E-state index is 12.7. The van der Waals surface area contributed by atoms with Gasteiger partial charge < -0.3 is 70.5 Å². The fourth-order valence-electron chi connectivity index (χ4n) is 13.6. The van der Waals surface area contributed by atoms with Crippen LogP contribution in [0.4, 0.5) is 9.59 Å². The highest BCUT2D eigenvalue weighted by molar-refractivity contribution is 5.78. The molecule has 0 bridgehead atoms. The molecule has 0 saturated heterocycles. The first-order valence-electron chi connectivity index (χ1n) is 48.1. The number of nitrogens with zero attached hydrogens (tertiary/aromatic N) is 2. The van der Waals surface area contributed by atoms with Gasteiger partial charge in [-0.05, 0) is 118 Å². The summed E-state index contributed by atoms with van der Waals surface area (Å²) in [6.07, 6.45) is 57.1. The molecule has 0 aliphatic heterocycles. The first-order chi connectivity index (χ1) is 56.9. The number of amides is 6. The molecule has 0 spiro atoms. The van der Waals surface area contributed by atoms with Crippen molar-refractivity contribution in [1.82, 2.24) is 41.7 Å². The highest BCUT2D eigenvalue weighted by atomic mass is 16.6. The molecule has 0 heterocycles. The van der Waals surface area contributed by atoms with Gasteiger partial charge in [0.05, 0.1) is 19.8 Å².